The van der Waals surface area contributed by atoms with Crippen LogP contribution in [0.1, 0.15) is 26.3 Å². The van der Waals surface area contributed by atoms with E-state index in [4.69, 9.17) is 16.3 Å². The molecular weight excluding hydrogens is 258 g/mol. The Morgan fingerprint density at radius 2 is 1.95 bits per heavy atom. The van der Waals surface area contributed by atoms with Gasteiger partial charge in [-0.3, -0.25) is 0 Å². The highest BCUT2D eigenvalue weighted by atomic mass is 35.5. The van der Waals surface area contributed by atoms with Crippen molar-refractivity contribution < 1.29 is 4.74 Å². The highest BCUT2D eigenvalue weighted by molar-refractivity contribution is 6.31. The second-order valence-corrected chi connectivity index (χ2v) is 6.46. The van der Waals surface area contributed by atoms with Gasteiger partial charge in [0.25, 0.3) is 0 Å². The van der Waals surface area contributed by atoms with E-state index in [2.05, 4.69) is 38.2 Å². The van der Waals surface area contributed by atoms with E-state index in [1.165, 1.54) is 5.56 Å². The summed E-state index contributed by atoms with van der Waals surface area (Å²) in [6.07, 6.45) is 1.00. The Kier molecular flexibility index (Phi) is 6.84. The topological polar surface area (TPSA) is 21.3 Å². The van der Waals surface area contributed by atoms with Gasteiger partial charge in [-0.1, -0.05) is 50.6 Å². The summed E-state index contributed by atoms with van der Waals surface area (Å²) in [6.45, 7) is 9.48. The number of methoxy groups -OCH3 is 1. The summed E-state index contributed by atoms with van der Waals surface area (Å²) in [7, 11) is 1.73. The zero-order chi connectivity index (χ0) is 14.3. The molecule has 0 saturated heterocycles. The van der Waals surface area contributed by atoms with Gasteiger partial charge < -0.3 is 10.1 Å². The van der Waals surface area contributed by atoms with Gasteiger partial charge in [-0.25, -0.2) is 0 Å². The van der Waals surface area contributed by atoms with E-state index in [0.717, 1.165) is 31.1 Å². The fraction of sp³-hybridized carbons (Fsp3) is 0.625. The van der Waals surface area contributed by atoms with Crippen LogP contribution >= 0.6 is 11.6 Å². The lowest BCUT2D eigenvalue weighted by atomic mass is 9.77. The molecule has 1 unspecified atom stereocenters. The minimum Gasteiger partial charge on any atom is -0.383 e. The van der Waals surface area contributed by atoms with Gasteiger partial charge in [-0.2, -0.15) is 0 Å². The van der Waals surface area contributed by atoms with Crippen LogP contribution in [0.3, 0.4) is 0 Å². The SMILES string of the molecule is COCCNCC(Cc1ccccc1Cl)C(C)(C)C. The van der Waals surface area contributed by atoms with Crippen molar-refractivity contribution in [2.75, 3.05) is 26.8 Å². The molecule has 0 spiro atoms. The minimum atomic E-state index is 0.249. The largest absolute Gasteiger partial charge is 0.383 e. The molecule has 1 aromatic carbocycles. The molecule has 0 aromatic heterocycles. The molecule has 0 aliphatic carbocycles. The maximum atomic E-state index is 6.26. The molecule has 0 heterocycles. The average molecular weight is 284 g/mol. The van der Waals surface area contributed by atoms with Crippen molar-refractivity contribution in [3.63, 3.8) is 0 Å². The van der Waals surface area contributed by atoms with Crippen LogP contribution in [0, 0.1) is 11.3 Å². The van der Waals surface area contributed by atoms with E-state index in [-0.39, 0.29) is 5.41 Å². The van der Waals surface area contributed by atoms with E-state index in [1.807, 2.05) is 12.1 Å². The molecule has 3 heteroatoms. The Labute approximate surface area is 122 Å². The van der Waals surface area contributed by atoms with Gasteiger partial charge in [0.05, 0.1) is 6.61 Å². The van der Waals surface area contributed by atoms with Crippen molar-refractivity contribution in [1.82, 2.24) is 5.32 Å². The first-order valence-electron chi connectivity index (χ1n) is 6.88. The van der Waals surface area contributed by atoms with Crippen LogP contribution in [0.2, 0.25) is 5.02 Å². The number of hydrogen-bond acceptors (Lipinski definition) is 2. The smallest absolute Gasteiger partial charge is 0.0587 e. The van der Waals surface area contributed by atoms with Crippen molar-refractivity contribution in [3.8, 4) is 0 Å². The first kappa shape index (κ1) is 16.5. The summed E-state index contributed by atoms with van der Waals surface area (Å²) in [5, 5.41) is 4.33. The number of ether oxygens (including phenoxy) is 1. The number of hydrogen-bond donors (Lipinski definition) is 1. The molecule has 2 nitrogen and oxygen atoms in total. The van der Waals surface area contributed by atoms with Gasteiger partial charge >= 0.3 is 0 Å². The number of halogens is 1. The summed E-state index contributed by atoms with van der Waals surface area (Å²) in [5.74, 6) is 0.546. The maximum absolute atomic E-state index is 6.26. The summed E-state index contributed by atoms with van der Waals surface area (Å²) < 4.78 is 5.06. The highest BCUT2D eigenvalue weighted by Crippen LogP contribution is 2.30. The summed E-state index contributed by atoms with van der Waals surface area (Å²) >= 11 is 6.26. The normalized spacial score (nSPS) is 13.5. The predicted molar refractivity (Wildman–Crippen MR) is 82.8 cm³/mol. The van der Waals surface area contributed by atoms with Crippen LogP contribution in [0.15, 0.2) is 24.3 Å². The molecule has 1 atom stereocenters. The molecule has 1 aromatic rings. The molecule has 108 valence electrons. The van der Waals surface area contributed by atoms with Crippen molar-refractivity contribution in [2.45, 2.75) is 27.2 Å². The lowest BCUT2D eigenvalue weighted by Crippen LogP contribution is -2.34. The van der Waals surface area contributed by atoms with E-state index in [9.17, 15) is 0 Å². The lowest BCUT2D eigenvalue weighted by Gasteiger charge is -2.31. The van der Waals surface area contributed by atoms with Crippen LogP contribution in [0.25, 0.3) is 0 Å². The van der Waals surface area contributed by atoms with Crippen LogP contribution in [0.4, 0.5) is 0 Å². The van der Waals surface area contributed by atoms with E-state index < -0.39 is 0 Å². The average Bonchev–Trinajstić information content (AvgIpc) is 2.34. The second kappa shape index (κ2) is 7.88. The third kappa shape index (κ3) is 5.94. The number of benzene rings is 1. The Hall–Kier alpha value is -0.570. The van der Waals surface area contributed by atoms with Crippen molar-refractivity contribution in [1.29, 1.82) is 0 Å². The highest BCUT2D eigenvalue weighted by Gasteiger charge is 2.25. The maximum Gasteiger partial charge on any atom is 0.0587 e. The molecule has 0 radical (unpaired) electrons. The minimum absolute atomic E-state index is 0.249. The molecular formula is C16H26ClNO. The molecule has 0 aliphatic rings. The number of nitrogens with one attached hydrogen (secondary N) is 1. The summed E-state index contributed by atoms with van der Waals surface area (Å²) in [5.41, 5.74) is 1.48. The standard InChI is InChI=1S/C16H26ClNO/c1-16(2,3)14(12-18-9-10-19-4)11-13-7-5-6-8-15(13)17/h5-8,14,18H,9-12H2,1-4H3. The molecule has 0 amide bonds. The summed E-state index contributed by atoms with van der Waals surface area (Å²) in [4.78, 5) is 0. The van der Waals surface area contributed by atoms with Crippen LogP contribution in [0.5, 0.6) is 0 Å². The molecule has 0 aliphatic heterocycles. The zero-order valence-corrected chi connectivity index (χ0v) is 13.3. The molecule has 1 N–H and O–H groups in total. The molecule has 0 fully saturated rings. The van der Waals surface area contributed by atoms with E-state index in [0.29, 0.717) is 5.92 Å². The van der Waals surface area contributed by atoms with Gasteiger partial charge in [0.1, 0.15) is 0 Å². The fourth-order valence-electron chi connectivity index (χ4n) is 2.06. The Bertz CT molecular complexity index is 373. The monoisotopic (exact) mass is 283 g/mol. The van der Waals surface area contributed by atoms with Crippen LogP contribution < -0.4 is 5.32 Å². The molecule has 1 rings (SSSR count). The zero-order valence-electron chi connectivity index (χ0n) is 12.5. The van der Waals surface area contributed by atoms with Crippen LogP contribution in [-0.4, -0.2) is 26.8 Å². The first-order chi connectivity index (χ1) is 8.95. The Morgan fingerprint density at radius 3 is 2.53 bits per heavy atom. The predicted octanol–water partition coefficient (Wildman–Crippen LogP) is 3.78. The summed E-state index contributed by atoms with van der Waals surface area (Å²) in [6, 6.07) is 8.12. The Morgan fingerprint density at radius 1 is 1.26 bits per heavy atom. The van der Waals surface area contributed by atoms with Crippen molar-refractivity contribution in [3.05, 3.63) is 34.9 Å². The van der Waals surface area contributed by atoms with Crippen LogP contribution in [-0.2, 0) is 11.2 Å². The number of rotatable bonds is 7. The van der Waals surface area contributed by atoms with Gasteiger partial charge in [-0.15, -0.1) is 0 Å². The quantitative estimate of drug-likeness (QED) is 0.769. The third-order valence-electron chi connectivity index (χ3n) is 3.52. The first-order valence-corrected chi connectivity index (χ1v) is 7.26. The second-order valence-electron chi connectivity index (χ2n) is 6.06. The van der Waals surface area contributed by atoms with Gasteiger partial charge in [-0.05, 0) is 35.9 Å². The van der Waals surface area contributed by atoms with Gasteiger partial charge in [0.15, 0.2) is 0 Å². The van der Waals surface area contributed by atoms with Gasteiger partial charge in [0.2, 0.25) is 0 Å². The van der Waals surface area contributed by atoms with Gasteiger partial charge in [0, 0.05) is 18.7 Å². The van der Waals surface area contributed by atoms with E-state index >= 15 is 0 Å². The Balaban J connectivity index is 2.63. The molecule has 0 bridgehead atoms. The third-order valence-corrected chi connectivity index (χ3v) is 3.89. The van der Waals surface area contributed by atoms with E-state index in [1.54, 1.807) is 7.11 Å². The van der Waals surface area contributed by atoms with Crippen molar-refractivity contribution in [2.24, 2.45) is 11.3 Å². The lowest BCUT2D eigenvalue weighted by molar-refractivity contribution is 0.186. The molecule has 0 saturated carbocycles. The fourth-order valence-corrected chi connectivity index (χ4v) is 2.28. The van der Waals surface area contributed by atoms with Crippen molar-refractivity contribution >= 4 is 11.6 Å². The molecule has 19 heavy (non-hydrogen) atoms.